The second-order valence-corrected chi connectivity index (χ2v) is 8.21. The number of rotatable bonds is 7. The van der Waals surface area contributed by atoms with E-state index in [0.717, 1.165) is 22.9 Å². The molecular weight excluding hydrogens is 392 g/mol. The molecule has 0 saturated heterocycles. The summed E-state index contributed by atoms with van der Waals surface area (Å²) >= 11 is 1.56. The zero-order chi connectivity index (χ0) is 20.9. The van der Waals surface area contributed by atoms with Crippen LogP contribution in [0.3, 0.4) is 0 Å². The standard InChI is InChI=1S/C25H24N2O2S/c1-18-6-5-7-19(14-18)15-27-16-24(22-8-3-4-9-23(22)27)30-17-25(28)26-20-10-12-21(29-2)13-11-20/h3-14,16H,15,17H2,1-2H3,(H,26,28). The lowest BCUT2D eigenvalue weighted by Gasteiger charge is -2.06. The highest BCUT2D eigenvalue weighted by Crippen LogP contribution is 2.30. The minimum absolute atomic E-state index is 0.0271. The van der Waals surface area contributed by atoms with Gasteiger partial charge in [-0.25, -0.2) is 0 Å². The quantitative estimate of drug-likeness (QED) is 0.391. The molecule has 0 aliphatic heterocycles. The normalized spacial score (nSPS) is 10.9. The molecule has 0 atom stereocenters. The van der Waals surface area contributed by atoms with Crippen LogP contribution >= 0.6 is 11.8 Å². The number of anilines is 1. The first kappa shape index (κ1) is 20.1. The molecule has 1 heterocycles. The number of para-hydroxylation sites is 1. The summed E-state index contributed by atoms with van der Waals surface area (Å²) in [5.41, 5.74) is 4.47. The van der Waals surface area contributed by atoms with E-state index in [-0.39, 0.29) is 5.91 Å². The largest absolute Gasteiger partial charge is 0.497 e. The smallest absolute Gasteiger partial charge is 0.234 e. The van der Waals surface area contributed by atoms with Gasteiger partial charge in [0.05, 0.1) is 12.9 Å². The highest BCUT2D eigenvalue weighted by molar-refractivity contribution is 8.00. The fourth-order valence-electron chi connectivity index (χ4n) is 3.48. The zero-order valence-corrected chi connectivity index (χ0v) is 17.9. The number of carbonyl (C=O) groups excluding carboxylic acids is 1. The van der Waals surface area contributed by atoms with Crippen LogP contribution in [0.1, 0.15) is 11.1 Å². The van der Waals surface area contributed by atoms with Gasteiger partial charge in [0.1, 0.15) is 5.75 Å². The molecule has 4 nitrogen and oxygen atoms in total. The van der Waals surface area contributed by atoms with Crippen LogP contribution in [-0.2, 0) is 11.3 Å². The van der Waals surface area contributed by atoms with Gasteiger partial charge < -0.3 is 14.6 Å². The van der Waals surface area contributed by atoms with Crippen molar-refractivity contribution in [2.75, 3.05) is 18.2 Å². The maximum absolute atomic E-state index is 12.4. The van der Waals surface area contributed by atoms with E-state index in [4.69, 9.17) is 4.74 Å². The molecule has 4 rings (SSSR count). The molecule has 0 aliphatic rings. The Bertz CT molecular complexity index is 1170. The van der Waals surface area contributed by atoms with Gasteiger partial charge in [0.15, 0.2) is 0 Å². The van der Waals surface area contributed by atoms with E-state index in [0.29, 0.717) is 5.75 Å². The molecule has 0 fully saturated rings. The number of amides is 1. The van der Waals surface area contributed by atoms with Crippen LogP contribution in [0, 0.1) is 6.92 Å². The second kappa shape index (κ2) is 9.09. The SMILES string of the molecule is COc1ccc(NC(=O)CSc2cn(Cc3cccc(C)c3)c3ccccc23)cc1. The van der Waals surface area contributed by atoms with Crippen LogP contribution in [0.15, 0.2) is 83.9 Å². The number of nitrogens with zero attached hydrogens (tertiary/aromatic N) is 1. The van der Waals surface area contributed by atoms with Crippen molar-refractivity contribution in [3.8, 4) is 5.75 Å². The molecule has 1 N–H and O–H groups in total. The lowest BCUT2D eigenvalue weighted by molar-refractivity contribution is -0.113. The minimum atomic E-state index is -0.0271. The fourth-order valence-corrected chi connectivity index (χ4v) is 4.37. The van der Waals surface area contributed by atoms with Gasteiger partial charge in [-0.2, -0.15) is 0 Å². The van der Waals surface area contributed by atoms with E-state index < -0.39 is 0 Å². The molecule has 4 aromatic rings. The second-order valence-electron chi connectivity index (χ2n) is 7.19. The third-order valence-electron chi connectivity index (χ3n) is 4.92. The van der Waals surface area contributed by atoms with E-state index >= 15 is 0 Å². The average molecular weight is 417 g/mol. The molecule has 0 saturated carbocycles. The van der Waals surface area contributed by atoms with Crippen LogP contribution in [0.4, 0.5) is 5.69 Å². The van der Waals surface area contributed by atoms with E-state index in [1.54, 1.807) is 18.9 Å². The Morgan fingerprint density at radius 1 is 1.03 bits per heavy atom. The summed E-state index contributed by atoms with van der Waals surface area (Å²) in [6.07, 6.45) is 2.15. The predicted octanol–water partition coefficient (Wildman–Crippen LogP) is 5.74. The maximum Gasteiger partial charge on any atom is 0.234 e. The maximum atomic E-state index is 12.4. The number of benzene rings is 3. The molecule has 0 unspecified atom stereocenters. The van der Waals surface area contributed by atoms with Gasteiger partial charge in [-0.15, -0.1) is 11.8 Å². The number of fused-ring (bicyclic) bond motifs is 1. The van der Waals surface area contributed by atoms with Gasteiger partial charge >= 0.3 is 0 Å². The van der Waals surface area contributed by atoms with E-state index in [1.165, 1.54) is 22.0 Å². The van der Waals surface area contributed by atoms with Crippen LogP contribution in [0.25, 0.3) is 10.9 Å². The third kappa shape index (κ3) is 4.69. The highest BCUT2D eigenvalue weighted by Gasteiger charge is 2.11. The fraction of sp³-hybridized carbons (Fsp3) is 0.160. The summed E-state index contributed by atoms with van der Waals surface area (Å²) in [6, 6.07) is 24.3. The third-order valence-corrected chi connectivity index (χ3v) is 5.96. The Morgan fingerprint density at radius 2 is 1.83 bits per heavy atom. The molecule has 5 heteroatoms. The van der Waals surface area contributed by atoms with Gasteiger partial charge in [-0.3, -0.25) is 4.79 Å². The molecule has 0 aliphatic carbocycles. The summed E-state index contributed by atoms with van der Waals surface area (Å²) in [5, 5.41) is 4.12. The summed E-state index contributed by atoms with van der Waals surface area (Å²) < 4.78 is 7.41. The first-order valence-corrected chi connectivity index (χ1v) is 10.8. The topological polar surface area (TPSA) is 43.3 Å². The van der Waals surface area contributed by atoms with E-state index in [1.807, 2.05) is 30.3 Å². The van der Waals surface area contributed by atoms with E-state index in [9.17, 15) is 4.79 Å². The van der Waals surface area contributed by atoms with Gasteiger partial charge in [-0.1, -0.05) is 48.0 Å². The van der Waals surface area contributed by atoms with Crippen LogP contribution < -0.4 is 10.1 Å². The number of aryl methyl sites for hydroxylation is 1. The molecular formula is C25H24N2O2S. The zero-order valence-electron chi connectivity index (χ0n) is 17.1. The van der Waals surface area contributed by atoms with Crippen molar-refractivity contribution in [2.45, 2.75) is 18.4 Å². The van der Waals surface area contributed by atoms with Gasteiger partial charge in [-0.05, 0) is 42.8 Å². The van der Waals surface area contributed by atoms with Gasteiger partial charge in [0.25, 0.3) is 0 Å². The monoisotopic (exact) mass is 416 g/mol. The Morgan fingerprint density at radius 3 is 2.60 bits per heavy atom. The summed E-state index contributed by atoms with van der Waals surface area (Å²) in [7, 11) is 1.62. The number of methoxy groups -OCH3 is 1. The Balaban J connectivity index is 1.47. The van der Waals surface area contributed by atoms with Crippen molar-refractivity contribution < 1.29 is 9.53 Å². The number of hydrogen-bond acceptors (Lipinski definition) is 3. The van der Waals surface area contributed by atoms with Crippen LogP contribution in [0.5, 0.6) is 5.75 Å². The van der Waals surface area contributed by atoms with E-state index in [2.05, 4.69) is 65.5 Å². The van der Waals surface area contributed by atoms with Crippen LogP contribution in [-0.4, -0.2) is 23.3 Å². The first-order chi connectivity index (χ1) is 14.6. The molecule has 0 radical (unpaired) electrons. The molecule has 0 spiro atoms. The lowest BCUT2D eigenvalue weighted by atomic mass is 10.1. The molecule has 1 aromatic heterocycles. The van der Waals surface area contributed by atoms with Gasteiger partial charge in [0, 0.05) is 34.2 Å². The van der Waals surface area contributed by atoms with Crippen molar-refractivity contribution in [1.82, 2.24) is 4.57 Å². The molecule has 1 amide bonds. The van der Waals surface area contributed by atoms with Crippen molar-refractivity contribution in [1.29, 1.82) is 0 Å². The number of aromatic nitrogens is 1. The Kier molecular flexibility index (Phi) is 6.10. The molecule has 30 heavy (non-hydrogen) atoms. The van der Waals surface area contributed by atoms with Gasteiger partial charge in [0.2, 0.25) is 5.91 Å². The summed E-state index contributed by atoms with van der Waals surface area (Å²) in [5.74, 6) is 1.09. The average Bonchev–Trinajstić information content (AvgIpc) is 3.10. The number of ether oxygens (including phenoxy) is 1. The number of hydrogen-bond donors (Lipinski definition) is 1. The van der Waals surface area contributed by atoms with Crippen molar-refractivity contribution in [2.24, 2.45) is 0 Å². The van der Waals surface area contributed by atoms with Crippen LogP contribution in [0.2, 0.25) is 0 Å². The summed E-state index contributed by atoms with van der Waals surface area (Å²) in [6.45, 7) is 2.92. The highest BCUT2D eigenvalue weighted by atomic mass is 32.2. The molecule has 3 aromatic carbocycles. The Hall–Kier alpha value is -3.18. The van der Waals surface area contributed by atoms with Crippen molar-refractivity contribution >= 4 is 34.3 Å². The minimum Gasteiger partial charge on any atom is -0.497 e. The lowest BCUT2D eigenvalue weighted by Crippen LogP contribution is -2.13. The van der Waals surface area contributed by atoms with Crippen molar-refractivity contribution in [3.63, 3.8) is 0 Å². The summed E-state index contributed by atoms with van der Waals surface area (Å²) in [4.78, 5) is 13.6. The number of carbonyl (C=O) groups is 1. The first-order valence-electron chi connectivity index (χ1n) is 9.82. The number of thioether (sulfide) groups is 1. The molecule has 0 bridgehead atoms. The molecule has 152 valence electrons. The Labute approximate surface area is 180 Å². The van der Waals surface area contributed by atoms with Crippen molar-refractivity contribution in [3.05, 3.63) is 90.1 Å². The number of nitrogens with one attached hydrogen (secondary N) is 1. The predicted molar refractivity (Wildman–Crippen MR) is 125 cm³/mol.